The summed E-state index contributed by atoms with van der Waals surface area (Å²) in [6.07, 6.45) is 1.70. The number of hydrogen-bond acceptors (Lipinski definition) is 5. The summed E-state index contributed by atoms with van der Waals surface area (Å²) in [5, 5.41) is 14.8. The van der Waals surface area contributed by atoms with Gasteiger partial charge in [0.05, 0.1) is 6.61 Å². The third kappa shape index (κ3) is 4.50. The number of rotatable bonds is 8. The minimum Gasteiger partial charge on any atom is -0.480 e. The van der Waals surface area contributed by atoms with Crippen LogP contribution in [0.2, 0.25) is 0 Å². The van der Waals surface area contributed by atoms with Crippen LogP contribution in [-0.2, 0) is 19.1 Å². The van der Waals surface area contributed by atoms with Gasteiger partial charge in [-0.15, -0.1) is 0 Å². The number of carboxylic acids is 1. The zero-order valence-corrected chi connectivity index (χ0v) is 19.6. The average Bonchev–Trinajstić information content (AvgIpc) is 3.36. The van der Waals surface area contributed by atoms with Crippen LogP contribution in [0.3, 0.4) is 0 Å². The lowest BCUT2D eigenvalue weighted by Gasteiger charge is -2.40. The molecule has 5 atom stereocenters. The predicted octanol–water partition coefficient (Wildman–Crippen LogP) is 3.16. The van der Waals surface area contributed by atoms with Crippen LogP contribution < -0.4 is 10.6 Å². The largest absolute Gasteiger partial charge is 0.480 e. The Labute approximate surface area is 204 Å². The molecule has 2 amide bonds. The highest BCUT2D eigenvalue weighted by Crippen LogP contribution is 2.50. The van der Waals surface area contributed by atoms with Crippen molar-refractivity contribution in [2.75, 3.05) is 20.3 Å². The molecule has 35 heavy (non-hydrogen) atoms. The van der Waals surface area contributed by atoms with Crippen LogP contribution in [0.15, 0.2) is 48.5 Å². The number of aliphatic carboxylic acids is 1. The molecule has 2 unspecified atom stereocenters. The summed E-state index contributed by atoms with van der Waals surface area (Å²) in [5.74, 6) is -1.05. The molecule has 5 rings (SSSR count). The number of benzene rings is 2. The normalized spacial score (nSPS) is 24.9. The Morgan fingerprint density at radius 1 is 1.00 bits per heavy atom. The molecule has 3 N–H and O–H groups in total. The molecule has 2 saturated carbocycles. The molecule has 8 heteroatoms. The molecular formula is C27H30N2O6. The maximum absolute atomic E-state index is 12.6. The summed E-state index contributed by atoms with van der Waals surface area (Å²) >= 11 is 0. The lowest BCUT2D eigenvalue weighted by atomic mass is 9.71. The van der Waals surface area contributed by atoms with E-state index in [0.717, 1.165) is 6.42 Å². The first-order valence-electron chi connectivity index (χ1n) is 12.1. The van der Waals surface area contributed by atoms with Gasteiger partial charge in [0, 0.05) is 25.0 Å². The molecule has 0 spiro atoms. The number of alkyl carbamates (subject to hydrolysis) is 1. The van der Waals surface area contributed by atoms with Gasteiger partial charge >= 0.3 is 12.1 Å². The number of methoxy groups -OCH3 is 1. The van der Waals surface area contributed by atoms with Crippen molar-refractivity contribution in [1.82, 2.24) is 10.6 Å². The van der Waals surface area contributed by atoms with Gasteiger partial charge in [-0.1, -0.05) is 48.5 Å². The molecule has 3 aliphatic carbocycles. The van der Waals surface area contributed by atoms with E-state index in [0.29, 0.717) is 18.8 Å². The van der Waals surface area contributed by atoms with Gasteiger partial charge < -0.3 is 25.2 Å². The molecular weight excluding hydrogens is 448 g/mol. The Balaban J connectivity index is 1.13. The van der Waals surface area contributed by atoms with Gasteiger partial charge in [-0.3, -0.25) is 4.79 Å². The number of carbonyl (C=O) groups excluding carboxylic acids is 2. The highest BCUT2D eigenvalue weighted by Gasteiger charge is 2.50. The van der Waals surface area contributed by atoms with Crippen LogP contribution >= 0.6 is 0 Å². The molecule has 0 bridgehead atoms. The van der Waals surface area contributed by atoms with E-state index in [-0.39, 0.29) is 42.9 Å². The standard InChI is InChI=1S/C27H30N2O6/c1-34-14-24(26(31)32)28-25(30)16-10-15-12-23(21(15)11-16)29-27(33)35-13-22-19-8-4-2-6-17(19)18-7-3-5-9-20(18)22/h2-9,15-16,21-24H,10-14H2,1H3,(H,28,30)(H,29,33)(H,31,32)/t15-,16?,21-,23+,24?/m1/s1. The van der Waals surface area contributed by atoms with Crippen LogP contribution in [-0.4, -0.2) is 55.5 Å². The smallest absolute Gasteiger partial charge is 0.407 e. The summed E-state index contributed by atoms with van der Waals surface area (Å²) in [7, 11) is 1.40. The van der Waals surface area contributed by atoms with Gasteiger partial charge in [0.25, 0.3) is 0 Å². The first-order valence-corrected chi connectivity index (χ1v) is 12.1. The van der Waals surface area contributed by atoms with Gasteiger partial charge in [0.1, 0.15) is 6.61 Å². The maximum atomic E-state index is 12.6. The van der Waals surface area contributed by atoms with Crippen molar-refractivity contribution in [3.05, 3.63) is 59.7 Å². The van der Waals surface area contributed by atoms with Gasteiger partial charge in [0.2, 0.25) is 5.91 Å². The summed E-state index contributed by atoms with van der Waals surface area (Å²) in [5.41, 5.74) is 4.71. The molecule has 8 nitrogen and oxygen atoms in total. The lowest BCUT2D eigenvalue weighted by molar-refractivity contribution is -0.144. The first-order chi connectivity index (χ1) is 17.0. The van der Waals surface area contributed by atoms with Gasteiger partial charge in [-0.05, 0) is 53.4 Å². The number of ether oxygens (including phenoxy) is 2. The second-order valence-corrected chi connectivity index (χ2v) is 9.76. The third-order valence-electron chi connectivity index (χ3n) is 7.79. The summed E-state index contributed by atoms with van der Waals surface area (Å²) in [4.78, 5) is 36.5. The number of hydrogen-bond donors (Lipinski definition) is 3. The number of fused-ring (bicyclic) bond motifs is 4. The fraction of sp³-hybridized carbons (Fsp3) is 0.444. The average molecular weight is 479 g/mol. The van der Waals surface area contributed by atoms with Crippen LogP contribution in [0.1, 0.15) is 36.3 Å². The van der Waals surface area contributed by atoms with Crippen molar-refractivity contribution < 1.29 is 29.0 Å². The van der Waals surface area contributed by atoms with E-state index >= 15 is 0 Å². The van der Waals surface area contributed by atoms with E-state index in [1.807, 2.05) is 24.3 Å². The van der Waals surface area contributed by atoms with Crippen LogP contribution in [0.4, 0.5) is 4.79 Å². The number of carbonyl (C=O) groups is 3. The molecule has 0 saturated heterocycles. The van der Waals surface area contributed by atoms with E-state index in [9.17, 15) is 19.5 Å². The van der Waals surface area contributed by atoms with E-state index in [1.165, 1.54) is 29.4 Å². The second-order valence-electron chi connectivity index (χ2n) is 9.76. The van der Waals surface area contributed by atoms with Crippen molar-refractivity contribution in [3.8, 4) is 11.1 Å². The molecule has 0 heterocycles. The van der Waals surface area contributed by atoms with Crippen molar-refractivity contribution in [2.45, 2.75) is 37.3 Å². The van der Waals surface area contributed by atoms with Crippen molar-refractivity contribution >= 4 is 18.0 Å². The quantitative estimate of drug-likeness (QED) is 0.537. The molecule has 2 aromatic rings. The maximum Gasteiger partial charge on any atom is 0.407 e. The molecule has 0 aromatic heterocycles. The Kier molecular flexibility index (Phi) is 6.47. The molecule has 0 aliphatic heterocycles. The Hall–Kier alpha value is -3.39. The van der Waals surface area contributed by atoms with Crippen molar-refractivity contribution in [3.63, 3.8) is 0 Å². The molecule has 2 fully saturated rings. The van der Waals surface area contributed by atoms with E-state index in [4.69, 9.17) is 9.47 Å². The fourth-order valence-corrected chi connectivity index (χ4v) is 6.03. The first kappa shape index (κ1) is 23.4. The van der Waals surface area contributed by atoms with Gasteiger partial charge in [-0.25, -0.2) is 9.59 Å². The fourth-order valence-electron chi connectivity index (χ4n) is 6.03. The highest BCUT2D eigenvalue weighted by molar-refractivity contribution is 5.85. The van der Waals surface area contributed by atoms with Gasteiger partial charge in [-0.2, -0.15) is 0 Å². The number of carboxylic acid groups (broad SMARTS) is 1. The van der Waals surface area contributed by atoms with Crippen LogP contribution in [0.25, 0.3) is 11.1 Å². The monoisotopic (exact) mass is 478 g/mol. The van der Waals surface area contributed by atoms with E-state index in [1.54, 1.807) is 0 Å². The Morgan fingerprint density at radius 3 is 2.29 bits per heavy atom. The van der Waals surface area contributed by atoms with E-state index < -0.39 is 18.1 Å². The SMILES string of the molecule is COCC(NC(=O)C1C[C@@H]2C[C@H](NC(=O)OCC3c4ccccc4-c4ccccc43)[C@@H]2C1)C(=O)O. The topological polar surface area (TPSA) is 114 Å². The van der Waals surface area contributed by atoms with Crippen molar-refractivity contribution in [2.24, 2.45) is 17.8 Å². The molecule has 3 aliphatic rings. The third-order valence-corrected chi connectivity index (χ3v) is 7.79. The highest BCUT2D eigenvalue weighted by atomic mass is 16.5. The Morgan fingerprint density at radius 2 is 1.66 bits per heavy atom. The molecule has 184 valence electrons. The Bertz CT molecular complexity index is 1090. The number of nitrogens with one attached hydrogen (secondary N) is 2. The predicted molar refractivity (Wildman–Crippen MR) is 128 cm³/mol. The number of amides is 2. The van der Waals surface area contributed by atoms with Gasteiger partial charge in [0.15, 0.2) is 6.04 Å². The summed E-state index contributed by atoms with van der Waals surface area (Å²) < 4.78 is 10.6. The lowest BCUT2D eigenvalue weighted by Crippen LogP contribution is -2.50. The zero-order valence-electron chi connectivity index (χ0n) is 19.6. The molecule has 0 radical (unpaired) electrons. The second kappa shape index (κ2) is 9.70. The summed E-state index contributed by atoms with van der Waals surface area (Å²) in [6.45, 7) is 0.189. The van der Waals surface area contributed by atoms with Crippen LogP contribution in [0.5, 0.6) is 0 Å². The van der Waals surface area contributed by atoms with Crippen molar-refractivity contribution in [1.29, 1.82) is 0 Å². The minimum absolute atomic E-state index is 0.0103. The molecule has 2 aromatic carbocycles. The van der Waals surface area contributed by atoms with Crippen LogP contribution in [0, 0.1) is 17.8 Å². The minimum atomic E-state index is -1.11. The zero-order chi connectivity index (χ0) is 24.5. The van der Waals surface area contributed by atoms with E-state index in [2.05, 4.69) is 34.9 Å². The summed E-state index contributed by atoms with van der Waals surface area (Å²) in [6, 6.07) is 15.3.